The highest BCUT2D eigenvalue weighted by atomic mass is 16.5. The number of hydrogen-bond acceptors (Lipinski definition) is 4. The first-order valence-electron chi connectivity index (χ1n) is 6.83. The normalized spacial score (nSPS) is 25.1. The van der Waals surface area contributed by atoms with Crippen molar-refractivity contribution in [3.05, 3.63) is 0 Å². The molecule has 0 unspecified atom stereocenters. The Balaban J connectivity index is 2.43. The number of hydrogen-bond donors (Lipinski definition) is 2. The first-order valence-corrected chi connectivity index (χ1v) is 6.83. The van der Waals surface area contributed by atoms with E-state index in [1.54, 1.807) is 4.90 Å². The lowest BCUT2D eigenvalue weighted by molar-refractivity contribution is -0.143. The molecule has 6 heteroatoms. The zero-order chi connectivity index (χ0) is 14.4. The first-order chi connectivity index (χ1) is 8.93. The fourth-order valence-electron chi connectivity index (χ4n) is 2.31. The number of nitrogens with one attached hydrogen (secondary N) is 1. The van der Waals surface area contributed by atoms with Gasteiger partial charge in [0.1, 0.15) is 6.04 Å². The van der Waals surface area contributed by atoms with Gasteiger partial charge in [0.25, 0.3) is 0 Å². The van der Waals surface area contributed by atoms with Crippen LogP contribution in [-0.4, -0.2) is 59.8 Å². The molecule has 2 N–H and O–H groups in total. The molecule has 1 aliphatic rings. The van der Waals surface area contributed by atoms with Gasteiger partial charge in [-0.25, -0.2) is 0 Å². The minimum absolute atomic E-state index is 0.0265. The summed E-state index contributed by atoms with van der Waals surface area (Å²) in [6, 6.07) is -0.648. The third-order valence-corrected chi connectivity index (χ3v) is 3.15. The molecule has 19 heavy (non-hydrogen) atoms. The molecule has 0 radical (unpaired) electrons. The van der Waals surface area contributed by atoms with Crippen LogP contribution in [0.5, 0.6) is 0 Å². The number of morpholine rings is 1. The Morgan fingerprint density at radius 3 is 2.42 bits per heavy atom. The van der Waals surface area contributed by atoms with E-state index in [0.29, 0.717) is 19.5 Å². The van der Waals surface area contributed by atoms with Gasteiger partial charge in [-0.2, -0.15) is 0 Å². The zero-order valence-electron chi connectivity index (χ0n) is 11.9. The van der Waals surface area contributed by atoms with Crippen molar-refractivity contribution in [2.45, 2.75) is 51.9 Å². The summed E-state index contributed by atoms with van der Waals surface area (Å²) < 4.78 is 5.56. The Morgan fingerprint density at radius 2 is 1.95 bits per heavy atom. The highest BCUT2D eigenvalue weighted by Gasteiger charge is 2.26. The lowest BCUT2D eigenvalue weighted by Gasteiger charge is -2.35. The molecule has 0 bridgehead atoms. The minimum atomic E-state index is -0.904. The predicted octanol–water partition coefficient (Wildman–Crippen LogP) is 0.465. The molecule has 0 aromatic carbocycles. The second-order valence-corrected chi connectivity index (χ2v) is 5.12. The summed E-state index contributed by atoms with van der Waals surface area (Å²) >= 11 is 0. The van der Waals surface area contributed by atoms with Gasteiger partial charge in [0.15, 0.2) is 0 Å². The van der Waals surface area contributed by atoms with Crippen LogP contribution in [0.4, 0.5) is 0 Å². The quantitative estimate of drug-likeness (QED) is 0.734. The molecular weight excluding hydrogens is 248 g/mol. The molecule has 1 amide bonds. The van der Waals surface area contributed by atoms with Gasteiger partial charge in [0, 0.05) is 13.1 Å². The molecule has 0 spiro atoms. The monoisotopic (exact) mass is 272 g/mol. The van der Waals surface area contributed by atoms with Crippen LogP contribution in [0.15, 0.2) is 0 Å². The molecule has 0 aliphatic carbocycles. The number of rotatable bonds is 6. The number of ether oxygens (including phenoxy) is 1. The van der Waals surface area contributed by atoms with Crippen LogP contribution in [-0.2, 0) is 14.3 Å². The van der Waals surface area contributed by atoms with Gasteiger partial charge in [-0.15, -0.1) is 0 Å². The van der Waals surface area contributed by atoms with Gasteiger partial charge in [-0.3, -0.25) is 14.9 Å². The summed E-state index contributed by atoms with van der Waals surface area (Å²) in [5.41, 5.74) is 0. The van der Waals surface area contributed by atoms with E-state index in [9.17, 15) is 9.59 Å². The van der Waals surface area contributed by atoms with Crippen LogP contribution in [0.25, 0.3) is 0 Å². The molecule has 1 saturated heterocycles. The lowest BCUT2D eigenvalue weighted by atomic mass is 10.1. The molecule has 0 saturated carbocycles. The third-order valence-electron chi connectivity index (χ3n) is 3.15. The maximum Gasteiger partial charge on any atom is 0.320 e. The average Bonchev–Trinajstić information content (AvgIpc) is 2.32. The summed E-state index contributed by atoms with van der Waals surface area (Å²) in [6.07, 6.45) is 1.35. The van der Waals surface area contributed by atoms with Crippen molar-refractivity contribution in [1.29, 1.82) is 0 Å². The van der Waals surface area contributed by atoms with Crippen molar-refractivity contribution in [3.8, 4) is 0 Å². The molecule has 3 atom stereocenters. The van der Waals surface area contributed by atoms with Gasteiger partial charge in [-0.05, 0) is 20.3 Å². The van der Waals surface area contributed by atoms with E-state index < -0.39 is 12.0 Å². The highest BCUT2D eigenvalue weighted by molar-refractivity contribution is 5.80. The van der Waals surface area contributed by atoms with Crippen LogP contribution in [0.1, 0.15) is 33.6 Å². The van der Waals surface area contributed by atoms with Crippen molar-refractivity contribution >= 4 is 11.9 Å². The largest absolute Gasteiger partial charge is 0.480 e. The predicted molar refractivity (Wildman–Crippen MR) is 70.9 cm³/mol. The maximum absolute atomic E-state index is 12.0. The molecule has 0 aromatic heterocycles. The van der Waals surface area contributed by atoms with E-state index in [4.69, 9.17) is 9.84 Å². The topological polar surface area (TPSA) is 78.9 Å². The van der Waals surface area contributed by atoms with Crippen molar-refractivity contribution in [1.82, 2.24) is 10.2 Å². The van der Waals surface area contributed by atoms with E-state index in [0.717, 1.165) is 6.42 Å². The fraction of sp³-hybridized carbons (Fsp3) is 0.846. The Kier molecular flexibility index (Phi) is 6.24. The van der Waals surface area contributed by atoms with Crippen LogP contribution in [0, 0.1) is 0 Å². The maximum atomic E-state index is 12.0. The lowest BCUT2D eigenvalue weighted by Crippen LogP contribution is -2.52. The molecule has 0 aromatic rings. The molecule has 110 valence electrons. The first kappa shape index (κ1) is 15.9. The van der Waals surface area contributed by atoms with Crippen molar-refractivity contribution in [2.75, 3.05) is 19.6 Å². The number of carbonyl (C=O) groups excluding carboxylic acids is 1. The fourth-order valence-corrected chi connectivity index (χ4v) is 2.31. The molecule has 6 nitrogen and oxygen atoms in total. The Labute approximate surface area is 114 Å². The molecule has 1 heterocycles. The summed E-state index contributed by atoms with van der Waals surface area (Å²) in [6.45, 7) is 6.98. The van der Waals surface area contributed by atoms with Crippen LogP contribution >= 0.6 is 0 Å². The van der Waals surface area contributed by atoms with Crippen LogP contribution in [0.3, 0.4) is 0 Å². The summed E-state index contributed by atoms with van der Waals surface area (Å²) in [7, 11) is 0. The van der Waals surface area contributed by atoms with E-state index in [-0.39, 0.29) is 24.7 Å². The number of carbonyl (C=O) groups is 2. The van der Waals surface area contributed by atoms with Gasteiger partial charge in [0.05, 0.1) is 18.8 Å². The number of amides is 1. The molecule has 1 rings (SSSR count). The van der Waals surface area contributed by atoms with Gasteiger partial charge in [-0.1, -0.05) is 13.3 Å². The number of aliphatic carboxylic acids is 1. The van der Waals surface area contributed by atoms with Crippen LogP contribution in [0.2, 0.25) is 0 Å². The molecular formula is C13H24N2O4. The average molecular weight is 272 g/mol. The van der Waals surface area contributed by atoms with Crippen LogP contribution < -0.4 is 5.32 Å². The summed E-state index contributed by atoms with van der Waals surface area (Å²) in [5.74, 6) is -0.970. The van der Waals surface area contributed by atoms with E-state index in [1.807, 2.05) is 20.8 Å². The van der Waals surface area contributed by atoms with E-state index >= 15 is 0 Å². The smallest absolute Gasteiger partial charge is 0.320 e. The Hall–Kier alpha value is -1.14. The second kappa shape index (κ2) is 7.45. The van der Waals surface area contributed by atoms with Gasteiger partial charge < -0.3 is 14.7 Å². The van der Waals surface area contributed by atoms with Gasteiger partial charge >= 0.3 is 5.97 Å². The Morgan fingerprint density at radius 1 is 1.37 bits per heavy atom. The minimum Gasteiger partial charge on any atom is -0.480 e. The number of carboxylic acid groups (broad SMARTS) is 1. The SMILES string of the molecule is CCC[C@H](NCC(=O)N1C[C@@H](C)O[C@@H](C)C1)C(=O)O. The zero-order valence-corrected chi connectivity index (χ0v) is 11.9. The molecule has 1 aliphatic heterocycles. The van der Waals surface area contributed by atoms with Crippen molar-refractivity contribution in [3.63, 3.8) is 0 Å². The number of nitrogens with zero attached hydrogens (tertiary/aromatic N) is 1. The summed E-state index contributed by atoms with van der Waals surface area (Å²) in [4.78, 5) is 24.7. The third kappa shape index (κ3) is 5.16. The number of carboxylic acids is 1. The second-order valence-electron chi connectivity index (χ2n) is 5.12. The Bertz CT molecular complexity index is 312. The van der Waals surface area contributed by atoms with Crippen molar-refractivity contribution < 1.29 is 19.4 Å². The van der Waals surface area contributed by atoms with Crippen molar-refractivity contribution in [2.24, 2.45) is 0 Å². The highest BCUT2D eigenvalue weighted by Crippen LogP contribution is 2.10. The standard InChI is InChI=1S/C13H24N2O4/c1-4-5-11(13(17)18)14-6-12(16)15-7-9(2)19-10(3)8-15/h9-11,14H,4-8H2,1-3H3,(H,17,18)/t9-,10+,11-/m0/s1. The summed E-state index contributed by atoms with van der Waals surface area (Å²) in [5, 5.41) is 11.8. The molecule has 1 fully saturated rings. The van der Waals surface area contributed by atoms with E-state index in [1.165, 1.54) is 0 Å². The van der Waals surface area contributed by atoms with E-state index in [2.05, 4.69) is 5.32 Å². The van der Waals surface area contributed by atoms with Gasteiger partial charge in [0.2, 0.25) is 5.91 Å².